The van der Waals surface area contributed by atoms with Gasteiger partial charge in [0.2, 0.25) is 15.9 Å². The quantitative estimate of drug-likeness (QED) is 0.689. The molecule has 0 saturated carbocycles. The van der Waals surface area contributed by atoms with Crippen molar-refractivity contribution >= 4 is 27.5 Å². The number of ether oxygens (including phenoxy) is 1. The normalized spacial score (nSPS) is 20.1. The van der Waals surface area contributed by atoms with Gasteiger partial charge in [0.05, 0.1) is 6.61 Å². The molecule has 0 radical (unpaired) electrons. The molecule has 0 spiro atoms. The molecule has 1 saturated heterocycles. The minimum atomic E-state index is -4.47. The first kappa shape index (κ1) is 22.5. The Kier molecular flexibility index (Phi) is 6.64. The highest BCUT2D eigenvalue weighted by atomic mass is 35.5. The van der Waals surface area contributed by atoms with Gasteiger partial charge < -0.3 is 10.5 Å². The van der Waals surface area contributed by atoms with E-state index in [1.165, 1.54) is 0 Å². The summed E-state index contributed by atoms with van der Waals surface area (Å²) in [4.78, 5) is 10.7. The Morgan fingerprint density at radius 3 is 2.50 bits per heavy atom. The van der Waals surface area contributed by atoms with Gasteiger partial charge in [-0.2, -0.15) is 4.31 Å². The molecule has 1 fully saturated rings. The predicted octanol–water partition coefficient (Wildman–Crippen LogP) is 3.34. The van der Waals surface area contributed by atoms with Crippen LogP contribution in [0.1, 0.15) is 19.3 Å². The molecular weight excluding hydrogens is 438 g/mol. The van der Waals surface area contributed by atoms with E-state index in [4.69, 9.17) is 22.1 Å². The zero-order valence-electron chi connectivity index (χ0n) is 16.0. The third-order valence-corrected chi connectivity index (χ3v) is 7.17. The fourth-order valence-corrected chi connectivity index (χ4v) is 5.58. The van der Waals surface area contributed by atoms with E-state index in [2.05, 4.69) is 0 Å². The minimum absolute atomic E-state index is 0.0118. The molecule has 2 aromatic carbocycles. The third-order valence-electron chi connectivity index (χ3n) is 5.03. The van der Waals surface area contributed by atoms with E-state index >= 15 is 0 Å². The van der Waals surface area contributed by atoms with Crippen molar-refractivity contribution in [2.45, 2.75) is 24.2 Å². The fraction of sp³-hybridized carbons (Fsp3) is 0.350. The maximum absolute atomic E-state index is 14.2. The molecule has 0 bridgehead atoms. The van der Waals surface area contributed by atoms with Crippen molar-refractivity contribution in [3.05, 3.63) is 59.1 Å². The van der Waals surface area contributed by atoms with E-state index in [-0.39, 0.29) is 26.1 Å². The van der Waals surface area contributed by atoms with Gasteiger partial charge >= 0.3 is 0 Å². The van der Waals surface area contributed by atoms with Gasteiger partial charge in [-0.05, 0) is 43.2 Å². The molecule has 3 rings (SSSR count). The van der Waals surface area contributed by atoms with Crippen LogP contribution >= 0.6 is 11.6 Å². The van der Waals surface area contributed by atoms with Gasteiger partial charge in [-0.15, -0.1) is 0 Å². The summed E-state index contributed by atoms with van der Waals surface area (Å²) in [7, 11) is -4.47. The molecule has 0 unspecified atom stereocenters. The van der Waals surface area contributed by atoms with Crippen molar-refractivity contribution in [3.8, 4) is 5.75 Å². The monoisotopic (exact) mass is 458 g/mol. The SMILES string of the molecule is NC(=O)C[C@@]1(COc2cccc(Cl)c2)CCCN(S(=O)(=O)c2c(F)cccc2F)C1. The molecule has 1 amide bonds. The van der Waals surface area contributed by atoms with Crippen molar-refractivity contribution < 1.29 is 26.7 Å². The number of benzene rings is 2. The lowest BCUT2D eigenvalue weighted by Crippen LogP contribution is -2.50. The standard InChI is InChI=1S/C20H21ClF2N2O4S/c21-14-4-1-5-15(10-14)29-13-20(11-18(24)26)8-3-9-25(12-20)30(27,28)19-16(22)6-2-7-17(19)23/h1-2,4-7,10H,3,8-9,11-13H2,(H2,24,26)/t20-/m0/s1. The zero-order chi connectivity index (χ0) is 21.9. The molecule has 1 heterocycles. The Balaban J connectivity index is 1.89. The van der Waals surface area contributed by atoms with Crippen LogP contribution in [0.3, 0.4) is 0 Å². The number of sulfonamides is 1. The van der Waals surface area contributed by atoms with Crippen LogP contribution in [0.2, 0.25) is 5.02 Å². The van der Waals surface area contributed by atoms with Gasteiger partial charge in [0.15, 0.2) is 4.90 Å². The fourth-order valence-electron chi connectivity index (χ4n) is 3.70. The van der Waals surface area contributed by atoms with Gasteiger partial charge in [0.1, 0.15) is 17.4 Å². The molecule has 10 heteroatoms. The largest absolute Gasteiger partial charge is 0.493 e. The van der Waals surface area contributed by atoms with Gasteiger partial charge in [-0.1, -0.05) is 23.7 Å². The molecule has 1 atom stereocenters. The summed E-state index contributed by atoms with van der Waals surface area (Å²) in [6.45, 7) is -0.109. The molecule has 1 aliphatic heterocycles. The molecule has 2 aromatic rings. The number of amides is 1. The van der Waals surface area contributed by atoms with Crippen molar-refractivity contribution in [2.24, 2.45) is 11.1 Å². The van der Waals surface area contributed by atoms with E-state index in [1.807, 2.05) is 0 Å². The summed E-state index contributed by atoms with van der Waals surface area (Å²) in [5, 5.41) is 0.458. The van der Waals surface area contributed by atoms with Crippen LogP contribution in [-0.4, -0.2) is 38.3 Å². The molecule has 6 nitrogen and oxygen atoms in total. The number of hydrogen-bond acceptors (Lipinski definition) is 4. The first-order valence-corrected chi connectivity index (χ1v) is 11.1. The Bertz CT molecular complexity index is 1030. The highest BCUT2D eigenvalue weighted by Gasteiger charge is 2.43. The highest BCUT2D eigenvalue weighted by Crippen LogP contribution is 2.37. The van der Waals surface area contributed by atoms with Gasteiger partial charge in [-0.25, -0.2) is 17.2 Å². The average Bonchev–Trinajstić information content (AvgIpc) is 2.66. The van der Waals surface area contributed by atoms with E-state index < -0.39 is 37.9 Å². The summed E-state index contributed by atoms with van der Waals surface area (Å²) in [5.74, 6) is -2.51. The summed E-state index contributed by atoms with van der Waals surface area (Å²) < 4.78 is 61.1. The van der Waals surface area contributed by atoms with Crippen LogP contribution < -0.4 is 10.5 Å². The number of piperidine rings is 1. The number of halogens is 3. The number of carbonyl (C=O) groups is 1. The summed E-state index contributed by atoms with van der Waals surface area (Å²) in [6.07, 6.45) is 0.698. The summed E-state index contributed by atoms with van der Waals surface area (Å²) >= 11 is 5.95. The van der Waals surface area contributed by atoms with Gasteiger partial charge in [0, 0.05) is 29.9 Å². The molecule has 0 aromatic heterocycles. The Hall–Kier alpha value is -2.23. The Morgan fingerprint density at radius 1 is 1.20 bits per heavy atom. The Morgan fingerprint density at radius 2 is 1.87 bits per heavy atom. The highest BCUT2D eigenvalue weighted by molar-refractivity contribution is 7.89. The zero-order valence-corrected chi connectivity index (χ0v) is 17.6. The Labute approximate surface area is 178 Å². The average molecular weight is 459 g/mol. The van der Waals surface area contributed by atoms with Crippen molar-refractivity contribution in [1.82, 2.24) is 4.31 Å². The third kappa shape index (κ3) is 4.91. The number of rotatable bonds is 7. The number of primary amides is 1. The van der Waals surface area contributed by atoms with Crippen molar-refractivity contribution in [2.75, 3.05) is 19.7 Å². The number of hydrogen-bond donors (Lipinski definition) is 1. The lowest BCUT2D eigenvalue weighted by Gasteiger charge is -2.41. The molecule has 162 valence electrons. The van der Waals surface area contributed by atoms with E-state index in [0.29, 0.717) is 23.6 Å². The second kappa shape index (κ2) is 8.87. The molecular formula is C20H21ClF2N2O4S. The summed E-state index contributed by atoms with van der Waals surface area (Å²) in [5.41, 5.74) is 4.47. The van der Waals surface area contributed by atoms with Gasteiger partial charge in [-0.3, -0.25) is 4.79 Å². The van der Waals surface area contributed by atoms with Crippen LogP contribution in [0.25, 0.3) is 0 Å². The van der Waals surface area contributed by atoms with Crippen LogP contribution in [-0.2, 0) is 14.8 Å². The minimum Gasteiger partial charge on any atom is -0.493 e. The second-order valence-electron chi connectivity index (χ2n) is 7.38. The number of carbonyl (C=O) groups excluding carboxylic acids is 1. The first-order chi connectivity index (χ1) is 14.1. The lowest BCUT2D eigenvalue weighted by molar-refractivity contribution is -0.121. The topological polar surface area (TPSA) is 89.7 Å². The van der Waals surface area contributed by atoms with Crippen LogP contribution in [0, 0.1) is 17.0 Å². The van der Waals surface area contributed by atoms with E-state index in [9.17, 15) is 22.0 Å². The molecule has 1 aliphatic rings. The van der Waals surface area contributed by atoms with Gasteiger partial charge in [0.25, 0.3) is 0 Å². The maximum Gasteiger partial charge on any atom is 0.248 e. The first-order valence-electron chi connectivity index (χ1n) is 9.24. The number of nitrogens with two attached hydrogens (primary N) is 1. The van der Waals surface area contributed by atoms with Crippen molar-refractivity contribution in [1.29, 1.82) is 0 Å². The maximum atomic E-state index is 14.2. The smallest absolute Gasteiger partial charge is 0.248 e. The summed E-state index contributed by atoms with van der Waals surface area (Å²) in [6, 6.07) is 9.50. The second-order valence-corrected chi connectivity index (χ2v) is 9.69. The van der Waals surface area contributed by atoms with E-state index in [0.717, 1.165) is 22.5 Å². The van der Waals surface area contributed by atoms with Crippen LogP contribution in [0.5, 0.6) is 5.75 Å². The van der Waals surface area contributed by atoms with Crippen LogP contribution in [0.15, 0.2) is 47.4 Å². The van der Waals surface area contributed by atoms with E-state index in [1.54, 1.807) is 24.3 Å². The van der Waals surface area contributed by atoms with Crippen LogP contribution in [0.4, 0.5) is 8.78 Å². The molecule has 2 N–H and O–H groups in total. The van der Waals surface area contributed by atoms with Crippen molar-refractivity contribution in [3.63, 3.8) is 0 Å². The number of nitrogens with zero attached hydrogens (tertiary/aromatic N) is 1. The predicted molar refractivity (Wildman–Crippen MR) is 108 cm³/mol. The lowest BCUT2D eigenvalue weighted by atomic mass is 9.78. The molecule has 0 aliphatic carbocycles. The molecule has 30 heavy (non-hydrogen) atoms.